The Kier molecular flexibility index (Phi) is 7.61. The number of ether oxygens (including phenoxy) is 2. The first-order chi connectivity index (χ1) is 18.2. The predicted octanol–water partition coefficient (Wildman–Crippen LogP) is 7.89. The van der Waals surface area contributed by atoms with E-state index >= 15 is 0 Å². The standard InChI is InChI=1S/C31H26N4O3/c1-19-5-9-25(15-29(19)37-27-11-7-23(17-32)21(3)13-27)34-31(36)35-26-10-6-20(2)30(16-26)38-28-12-8-24(18-33)22(4)14-28/h5-16H,1-4H3,(H2,34,35,36). The minimum Gasteiger partial charge on any atom is -0.457 e. The first kappa shape index (κ1) is 25.8. The second-order valence-corrected chi connectivity index (χ2v) is 8.92. The fourth-order valence-electron chi connectivity index (χ4n) is 3.77. The van der Waals surface area contributed by atoms with Crippen LogP contribution >= 0.6 is 0 Å². The van der Waals surface area contributed by atoms with Crippen molar-refractivity contribution in [2.24, 2.45) is 0 Å². The molecular weight excluding hydrogens is 476 g/mol. The summed E-state index contributed by atoms with van der Waals surface area (Å²) in [4.78, 5) is 12.8. The smallest absolute Gasteiger partial charge is 0.323 e. The number of anilines is 2. The lowest BCUT2D eigenvalue weighted by molar-refractivity contribution is 0.262. The Morgan fingerprint density at radius 2 is 1.03 bits per heavy atom. The van der Waals surface area contributed by atoms with Gasteiger partial charge in [0.15, 0.2) is 0 Å². The van der Waals surface area contributed by atoms with Crippen molar-refractivity contribution in [2.45, 2.75) is 27.7 Å². The number of hydrogen-bond donors (Lipinski definition) is 2. The summed E-state index contributed by atoms with van der Waals surface area (Å²) in [6, 6.07) is 25.2. The Labute approximate surface area is 221 Å². The van der Waals surface area contributed by atoms with Gasteiger partial charge in [0.2, 0.25) is 0 Å². The van der Waals surface area contributed by atoms with Crippen molar-refractivity contribution < 1.29 is 14.3 Å². The SMILES string of the molecule is Cc1cc(Oc2cc(NC(=O)Nc3ccc(C)c(Oc4ccc(C#N)c(C)c4)c3)ccc2C)ccc1C#N. The second kappa shape index (κ2) is 11.2. The average molecular weight is 503 g/mol. The largest absolute Gasteiger partial charge is 0.457 e. The molecule has 0 heterocycles. The van der Waals surface area contributed by atoms with Crippen LogP contribution in [0.4, 0.5) is 16.2 Å². The van der Waals surface area contributed by atoms with Gasteiger partial charge in [-0.3, -0.25) is 0 Å². The summed E-state index contributed by atoms with van der Waals surface area (Å²) in [5.74, 6) is 2.40. The van der Waals surface area contributed by atoms with E-state index < -0.39 is 6.03 Å². The maximum absolute atomic E-state index is 12.8. The number of nitrogens with zero attached hydrogens (tertiary/aromatic N) is 2. The molecule has 0 unspecified atom stereocenters. The summed E-state index contributed by atoms with van der Waals surface area (Å²) in [5, 5.41) is 23.9. The van der Waals surface area contributed by atoms with Crippen molar-refractivity contribution in [1.82, 2.24) is 0 Å². The van der Waals surface area contributed by atoms with Crippen LogP contribution in [0.3, 0.4) is 0 Å². The third kappa shape index (κ3) is 6.10. The zero-order valence-electron chi connectivity index (χ0n) is 21.5. The zero-order chi connectivity index (χ0) is 27.2. The molecule has 0 aliphatic carbocycles. The van der Waals surface area contributed by atoms with Gasteiger partial charge in [-0.2, -0.15) is 10.5 Å². The van der Waals surface area contributed by atoms with Crippen LogP contribution in [0.15, 0.2) is 72.8 Å². The Hall–Kier alpha value is -5.27. The van der Waals surface area contributed by atoms with Crippen LogP contribution in [0.2, 0.25) is 0 Å². The van der Waals surface area contributed by atoms with Gasteiger partial charge in [-0.25, -0.2) is 4.79 Å². The highest BCUT2D eigenvalue weighted by Gasteiger charge is 2.10. The number of nitrogens with one attached hydrogen (secondary N) is 2. The number of amides is 2. The van der Waals surface area contributed by atoms with E-state index in [0.717, 1.165) is 22.3 Å². The van der Waals surface area contributed by atoms with Crippen molar-refractivity contribution in [1.29, 1.82) is 10.5 Å². The Bertz CT molecular complexity index is 1490. The molecule has 0 bridgehead atoms. The van der Waals surface area contributed by atoms with E-state index in [1.807, 2.05) is 39.8 Å². The molecule has 0 radical (unpaired) electrons. The summed E-state index contributed by atoms with van der Waals surface area (Å²) in [7, 11) is 0. The third-order valence-electron chi connectivity index (χ3n) is 5.98. The van der Waals surface area contributed by atoms with E-state index in [4.69, 9.17) is 20.0 Å². The van der Waals surface area contributed by atoms with Gasteiger partial charge in [-0.15, -0.1) is 0 Å². The van der Waals surface area contributed by atoms with E-state index in [2.05, 4.69) is 22.8 Å². The molecule has 0 spiro atoms. The zero-order valence-corrected chi connectivity index (χ0v) is 21.5. The lowest BCUT2D eigenvalue weighted by Gasteiger charge is -2.14. The van der Waals surface area contributed by atoms with E-state index in [-0.39, 0.29) is 0 Å². The van der Waals surface area contributed by atoms with E-state index in [1.54, 1.807) is 60.7 Å². The summed E-state index contributed by atoms with van der Waals surface area (Å²) < 4.78 is 12.0. The molecule has 4 aromatic rings. The molecule has 7 heteroatoms. The van der Waals surface area contributed by atoms with E-state index in [1.165, 1.54) is 0 Å². The molecule has 0 aliphatic rings. The number of hydrogen-bond acceptors (Lipinski definition) is 5. The number of nitriles is 2. The van der Waals surface area contributed by atoms with E-state index in [0.29, 0.717) is 45.5 Å². The van der Waals surface area contributed by atoms with Crippen LogP contribution < -0.4 is 20.1 Å². The number of rotatable bonds is 6. The van der Waals surface area contributed by atoms with Gasteiger partial charge >= 0.3 is 6.03 Å². The average Bonchev–Trinajstić information content (AvgIpc) is 2.88. The van der Waals surface area contributed by atoms with Gasteiger partial charge < -0.3 is 20.1 Å². The first-order valence-corrected chi connectivity index (χ1v) is 11.9. The van der Waals surface area contributed by atoms with Gasteiger partial charge in [0.05, 0.1) is 23.3 Å². The minimum atomic E-state index is -0.418. The van der Waals surface area contributed by atoms with Crippen LogP contribution in [0.5, 0.6) is 23.0 Å². The minimum absolute atomic E-state index is 0.418. The molecule has 188 valence electrons. The monoisotopic (exact) mass is 502 g/mol. The molecule has 2 amide bonds. The Morgan fingerprint density at radius 3 is 1.39 bits per heavy atom. The van der Waals surface area contributed by atoms with Gasteiger partial charge in [0, 0.05) is 23.5 Å². The number of urea groups is 1. The van der Waals surface area contributed by atoms with Crippen molar-refractivity contribution in [3.8, 4) is 35.1 Å². The quantitative estimate of drug-likeness (QED) is 0.279. The second-order valence-electron chi connectivity index (χ2n) is 8.92. The highest BCUT2D eigenvalue weighted by molar-refractivity contribution is 6.00. The molecule has 7 nitrogen and oxygen atoms in total. The Balaban J connectivity index is 1.45. The summed E-state index contributed by atoms with van der Waals surface area (Å²) in [6.45, 7) is 7.54. The van der Waals surface area contributed by atoms with Gasteiger partial charge in [-0.05, 0) is 98.5 Å². The van der Waals surface area contributed by atoms with Crippen LogP contribution in [-0.2, 0) is 0 Å². The molecule has 0 aliphatic heterocycles. The number of benzene rings is 4. The lowest BCUT2D eigenvalue weighted by Crippen LogP contribution is -2.19. The molecule has 4 aromatic carbocycles. The Morgan fingerprint density at radius 1 is 0.605 bits per heavy atom. The maximum atomic E-state index is 12.8. The number of aryl methyl sites for hydroxylation is 4. The molecule has 0 atom stereocenters. The molecule has 2 N–H and O–H groups in total. The topological polar surface area (TPSA) is 107 Å². The summed E-state index contributed by atoms with van der Waals surface area (Å²) in [5.41, 5.74) is 5.76. The van der Waals surface area contributed by atoms with Crippen molar-refractivity contribution >= 4 is 17.4 Å². The van der Waals surface area contributed by atoms with Crippen LogP contribution in [-0.4, -0.2) is 6.03 Å². The predicted molar refractivity (Wildman–Crippen MR) is 147 cm³/mol. The first-order valence-electron chi connectivity index (χ1n) is 11.9. The van der Waals surface area contributed by atoms with Crippen molar-refractivity contribution in [3.63, 3.8) is 0 Å². The van der Waals surface area contributed by atoms with Crippen LogP contribution in [0, 0.1) is 50.4 Å². The number of carbonyl (C=O) groups is 1. The highest BCUT2D eigenvalue weighted by atomic mass is 16.5. The summed E-state index contributed by atoms with van der Waals surface area (Å²) >= 11 is 0. The van der Waals surface area contributed by atoms with Crippen LogP contribution in [0.1, 0.15) is 33.4 Å². The van der Waals surface area contributed by atoms with Gasteiger partial charge in [0.1, 0.15) is 23.0 Å². The van der Waals surface area contributed by atoms with Crippen molar-refractivity contribution in [3.05, 3.63) is 106 Å². The lowest BCUT2D eigenvalue weighted by atomic mass is 10.1. The van der Waals surface area contributed by atoms with Crippen LogP contribution in [0.25, 0.3) is 0 Å². The number of carbonyl (C=O) groups excluding carboxylic acids is 1. The summed E-state index contributed by atoms with van der Waals surface area (Å²) in [6.07, 6.45) is 0. The fourth-order valence-corrected chi connectivity index (χ4v) is 3.77. The van der Waals surface area contributed by atoms with E-state index in [9.17, 15) is 4.79 Å². The van der Waals surface area contributed by atoms with Gasteiger partial charge in [-0.1, -0.05) is 12.1 Å². The fraction of sp³-hybridized carbons (Fsp3) is 0.129. The maximum Gasteiger partial charge on any atom is 0.323 e. The molecule has 38 heavy (non-hydrogen) atoms. The van der Waals surface area contributed by atoms with Gasteiger partial charge in [0.25, 0.3) is 0 Å². The highest BCUT2D eigenvalue weighted by Crippen LogP contribution is 2.31. The molecule has 0 saturated heterocycles. The molecule has 0 saturated carbocycles. The van der Waals surface area contributed by atoms with Crippen molar-refractivity contribution in [2.75, 3.05) is 10.6 Å². The normalized spacial score (nSPS) is 10.2. The molecular formula is C31H26N4O3. The molecule has 0 fully saturated rings. The molecule has 0 aromatic heterocycles. The third-order valence-corrected chi connectivity index (χ3v) is 5.98. The molecule has 4 rings (SSSR count).